The summed E-state index contributed by atoms with van der Waals surface area (Å²) in [5, 5.41) is 15.1. The van der Waals surface area contributed by atoms with Crippen LogP contribution in [0.4, 0.5) is 5.69 Å². The third-order valence-corrected chi connectivity index (χ3v) is 7.50. The molecule has 0 saturated carbocycles. The Balaban J connectivity index is 2.84. The summed E-state index contributed by atoms with van der Waals surface area (Å²) in [4.78, 5) is 38.3. The van der Waals surface area contributed by atoms with E-state index in [9.17, 15) is 19.7 Å². The number of nitrogens with one attached hydrogen (secondary N) is 1. The quantitative estimate of drug-likeness (QED) is 0.106. The van der Waals surface area contributed by atoms with Crippen LogP contribution in [0.2, 0.25) is 0 Å². The number of non-ortho nitro benzene ring substituents is 1. The number of ether oxygens (including phenoxy) is 2. The number of nitrogens with zero attached hydrogens (tertiary/aromatic N) is 2. The first-order valence-electron chi connectivity index (χ1n) is 14.8. The summed E-state index contributed by atoms with van der Waals surface area (Å²) in [6.07, 6.45) is 6.39. The Labute approximate surface area is 239 Å². The summed E-state index contributed by atoms with van der Waals surface area (Å²) in [5.74, 6) is -1.95. The Morgan fingerprint density at radius 2 is 1.43 bits per heavy atom. The summed E-state index contributed by atoms with van der Waals surface area (Å²) in [6, 6.07) is 6.15. The predicted octanol–water partition coefficient (Wildman–Crippen LogP) is 6.15. The summed E-state index contributed by atoms with van der Waals surface area (Å²) in [6.45, 7) is 15.7. The van der Waals surface area contributed by atoms with Gasteiger partial charge in [-0.1, -0.05) is 52.2 Å². The molecule has 1 N–H and O–H groups in total. The fourth-order valence-corrected chi connectivity index (χ4v) is 5.49. The van der Waals surface area contributed by atoms with E-state index in [1.807, 2.05) is 0 Å². The molecule has 0 saturated heterocycles. The first-order valence-corrected chi connectivity index (χ1v) is 14.8. The number of dihydropyridines is 1. The smallest absolute Gasteiger partial charge is 0.336 e. The van der Waals surface area contributed by atoms with Crippen LogP contribution in [0.1, 0.15) is 91.5 Å². The van der Waals surface area contributed by atoms with E-state index >= 15 is 0 Å². The van der Waals surface area contributed by atoms with Crippen molar-refractivity contribution in [2.24, 2.45) is 0 Å². The number of nitro groups is 1. The molecule has 0 spiro atoms. The molecule has 9 nitrogen and oxygen atoms in total. The Morgan fingerprint density at radius 1 is 0.900 bits per heavy atom. The highest BCUT2D eigenvalue weighted by molar-refractivity contribution is 6.00. The third-order valence-electron chi connectivity index (χ3n) is 7.50. The van der Waals surface area contributed by atoms with Crippen molar-refractivity contribution in [3.8, 4) is 0 Å². The molecule has 1 heterocycles. The molecule has 2 rings (SSSR count). The Kier molecular flexibility index (Phi) is 13.3. The molecule has 0 fully saturated rings. The first kappa shape index (κ1) is 33.0. The van der Waals surface area contributed by atoms with Gasteiger partial charge in [0.05, 0.1) is 60.5 Å². The van der Waals surface area contributed by atoms with Gasteiger partial charge in [0.15, 0.2) is 0 Å². The predicted molar refractivity (Wildman–Crippen MR) is 156 cm³/mol. The summed E-state index contributed by atoms with van der Waals surface area (Å²) >= 11 is 0. The molecule has 40 heavy (non-hydrogen) atoms. The normalized spacial score (nSPS) is 15.6. The fraction of sp³-hybridized carbons (Fsp3) is 0.613. The van der Waals surface area contributed by atoms with Crippen molar-refractivity contribution >= 4 is 17.6 Å². The number of hydrogen-bond donors (Lipinski definition) is 1. The average Bonchev–Trinajstić information content (AvgIpc) is 2.93. The van der Waals surface area contributed by atoms with Crippen LogP contribution in [-0.4, -0.2) is 60.7 Å². The van der Waals surface area contributed by atoms with E-state index in [0.29, 0.717) is 29.1 Å². The molecule has 1 aliphatic heterocycles. The molecule has 1 unspecified atom stereocenters. The lowest BCUT2D eigenvalue weighted by molar-refractivity contribution is -0.924. The van der Waals surface area contributed by atoms with Crippen LogP contribution in [-0.2, 0) is 19.1 Å². The van der Waals surface area contributed by atoms with Crippen LogP contribution in [0, 0.1) is 10.1 Å². The molecular weight excluding hydrogens is 510 g/mol. The maximum Gasteiger partial charge on any atom is 0.336 e. The van der Waals surface area contributed by atoms with E-state index in [2.05, 4.69) is 26.1 Å². The lowest BCUT2D eigenvalue weighted by Gasteiger charge is -2.42. The Bertz CT molecular complexity index is 1070. The van der Waals surface area contributed by atoms with Crippen LogP contribution in [0.25, 0.3) is 0 Å². The number of unbranched alkanes of at least 4 members (excludes halogenated alkanes) is 3. The lowest BCUT2D eigenvalue weighted by Crippen LogP contribution is -2.53. The number of quaternary nitrogens is 1. The molecule has 1 atom stereocenters. The zero-order valence-electron chi connectivity index (χ0n) is 25.2. The molecule has 1 aromatic rings. The Morgan fingerprint density at radius 3 is 1.90 bits per heavy atom. The zero-order valence-corrected chi connectivity index (χ0v) is 25.2. The molecule has 1 aromatic carbocycles. The molecule has 0 bridgehead atoms. The van der Waals surface area contributed by atoms with Crippen molar-refractivity contribution in [3.05, 3.63) is 62.5 Å². The van der Waals surface area contributed by atoms with Crippen LogP contribution in [0.15, 0.2) is 46.8 Å². The molecule has 0 radical (unpaired) electrons. The second kappa shape index (κ2) is 16.2. The second-order valence-electron chi connectivity index (χ2n) is 10.5. The summed E-state index contributed by atoms with van der Waals surface area (Å²) in [7, 11) is 0. The standard InChI is InChI=1S/C31H47N3O6/c1-7-12-18-34(19-13-8-2,20-14-9-3)22-26-29(31(36)40-11-5)28(24-16-15-17-25(21-24)33(37)38)27(23(6)32-26)30(35)39-10-4/h15-17,21,28H,7-14,18-20,22H2,1-6H3/p+1. The number of rotatable bonds is 17. The molecule has 0 aromatic heterocycles. The number of benzene rings is 1. The average molecular weight is 559 g/mol. The van der Waals surface area contributed by atoms with Crippen molar-refractivity contribution in [1.29, 1.82) is 0 Å². The minimum absolute atomic E-state index is 0.111. The summed E-state index contributed by atoms with van der Waals surface area (Å²) < 4.78 is 11.8. The maximum absolute atomic E-state index is 13.7. The van der Waals surface area contributed by atoms with E-state index in [-0.39, 0.29) is 24.5 Å². The van der Waals surface area contributed by atoms with Crippen molar-refractivity contribution < 1.29 is 28.5 Å². The Hall–Kier alpha value is -3.20. The van der Waals surface area contributed by atoms with Gasteiger partial charge in [0.2, 0.25) is 0 Å². The highest BCUT2D eigenvalue weighted by Crippen LogP contribution is 2.41. The minimum Gasteiger partial charge on any atom is -0.463 e. The van der Waals surface area contributed by atoms with Crippen LogP contribution >= 0.6 is 0 Å². The molecule has 9 heteroatoms. The number of allylic oxidation sites excluding steroid dienone is 1. The molecule has 0 amide bonds. The number of esters is 2. The third kappa shape index (κ3) is 8.40. The number of carbonyl (C=O) groups is 2. The zero-order chi connectivity index (χ0) is 29.7. The summed E-state index contributed by atoms with van der Waals surface area (Å²) in [5.41, 5.74) is 2.25. The van der Waals surface area contributed by atoms with Gasteiger partial charge in [-0.25, -0.2) is 9.59 Å². The second-order valence-corrected chi connectivity index (χ2v) is 10.5. The van der Waals surface area contributed by atoms with Gasteiger partial charge in [0.25, 0.3) is 5.69 Å². The van der Waals surface area contributed by atoms with Crippen molar-refractivity contribution in [2.45, 2.75) is 86.0 Å². The number of nitro benzene ring substituents is 1. The van der Waals surface area contributed by atoms with Gasteiger partial charge in [-0.3, -0.25) is 10.1 Å². The van der Waals surface area contributed by atoms with Gasteiger partial charge < -0.3 is 19.3 Å². The van der Waals surface area contributed by atoms with Crippen molar-refractivity contribution in [3.63, 3.8) is 0 Å². The van der Waals surface area contributed by atoms with Gasteiger partial charge in [-0.2, -0.15) is 0 Å². The topological polar surface area (TPSA) is 108 Å². The van der Waals surface area contributed by atoms with Crippen molar-refractivity contribution in [1.82, 2.24) is 5.32 Å². The maximum atomic E-state index is 13.7. The monoisotopic (exact) mass is 558 g/mol. The van der Waals surface area contributed by atoms with Crippen molar-refractivity contribution in [2.75, 3.05) is 39.4 Å². The highest BCUT2D eigenvalue weighted by Gasteiger charge is 2.42. The van der Waals surface area contributed by atoms with Gasteiger partial charge in [0.1, 0.15) is 6.54 Å². The number of carbonyl (C=O) groups excluding carboxylic acids is 2. The van der Waals surface area contributed by atoms with Gasteiger partial charge in [-0.05, 0) is 45.6 Å². The SMILES string of the molecule is CCCC[N+](CCCC)(CCCC)CC1=C(C(=O)OCC)C(c2cccc([N+](=O)[O-])c2)C(C(=O)OCC)=C(C)N1. The van der Waals surface area contributed by atoms with E-state index in [1.54, 1.807) is 32.9 Å². The van der Waals surface area contributed by atoms with Gasteiger partial charge >= 0.3 is 11.9 Å². The molecule has 1 aliphatic rings. The number of hydrogen-bond acceptors (Lipinski definition) is 7. The molecule has 222 valence electrons. The fourth-order valence-electron chi connectivity index (χ4n) is 5.49. The van der Waals surface area contributed by atoms with E-state index in [0.717, 1.165) is 62.6 Å². The van der Waals surface area contributed by atoms with E-state index < -0.39 is 22.8 Å². The highest BCUT2D eigenvalue weighted by atomic mass is 16.6. The van der Waals surface area contributed by atoms with Gasteiger partial charge in [0, 0.05) is 17.8 Å². The minimum atomic E-state index is -0.861. The van der Waals surface area contributed by atoms with Crippen LogP contribution < -0.4 is 5.32 Å². The van der Waals surface area contributed by atoms with Crippen LogP contribution in [0.5, 0.6) is 0 Å². The first-order chi connectivity index (χ1) is 19.2. The largest absolute Gasteiger partial charge is 0.463 e. The molecular formula is C31H48N3O6+. The van der Waals surface area contributed by atoms with E-state index in [4.69, 9.17) is 9.47 Å². The van der Waals surface area contributed by atoms with Crippen LogP contribution in [0.3, 0.4) is 0 Å². The lowest BCUT2D eigenvalue weighted by atomic mass is 9.79. The van der Waals surface area contributed by atoms with Gasteiger partial charge in [-0.15, -0.1) is 0 Å². The molecule has 0 aliphatic carbocycles. The van der Waals surface area contributed by atoms with E-state index in [1.165, 1.54) is 12.1 Å².